The Bertz CT molecular complexity index is 316. The highest BCUT2D eigenvalue weighted by Crippen LogP contribution is 2.69. The number of terminal acetylenes is 1. The van der Waals surface area contributed by atoms with Crippen LogP contribution in [-0.4, -0.2) is 24.5 Å². The molecule has 0 N–H and O–H groups in total. The van der Waals surface area contributed by atoms with E-state index in [9.17, 15) is 0 Å². The average molecular weight is 205 g/mol. The lowest BCUT2D eigenvalue weighted by atomic mass is 9.58. The minimum absolute atomic E-state index is 0.0527. The second-order valence-electron chi connectivity index (χ2n) is 6.47. The Morgan fingerprint density at radius 3 is 2.13 bits per heavy atom. The molecule has 0 aliphatic heterocycles. The molecular weight excluding hydrogens is 182 g/mol. The van der Waals surface area contributed by atoms with Gasteiger partial charge in [0, 0.05) is 0 Å². The van der Waals surface area contributed by atoms with E-state index in [4.69, 9.17) is 6.42 Å². The fraction of sp³-hybridized carbons (Fsp3) is 0.857. The van der Waals surface area contributed by atoms with Crippen molar-refractivity contribution < 1.29 is 0 Å². The van der Waals surface area contributed by atoms with Gasteiger partial charge < -0.3 is 0 Å². The largest absolute Gasteiger partial charge is 0.293 e. The van der Waals surface area contributed by atoms with Gasteiger partial charge in [0.25, 0.3) is 0 Å². The van der Waals surface area contributed by atoms with Gasteiger partial charge in [0.1, 0.15) is 0 Å². The van der Waals surface area contributed by atoms with Crippen molar-refractivity contribution in [2.75, 3.05) is 14.1 Å². The monoisotopic (exact) mass is 205 g/mol. The molecule has 0 aromatic carbocycles. The van der Waals surface area contributed by atoms with Crippen molar-refractivity contribution in [1.29, 1.82) is 0 Å². The minimum atomic E-state index is -0.0527. The average Bonchev–Trinajstić information content (AvgIpc) is 2.55. The third-order valence-electron chi connectivity index (χ3n) is 5.45. The van der Waals surface area contributed by atoms with Gasteiger partial charge in [0.05, 0.1) is 5.54 Å². The quantitative estimate of drug-likeness (QED) is 0.595. The van der Waals surface area contributed by atoms with E-state index in [1.165, 1.54) is 19.3 Å². The third-order valence-corrected chi connectivity index (χ3v) is 5.45. The number of nitrogens with zero attached hydrogens (tertiary/aromatic N) is 1. The molecule has 0 heterocycles. The fourth-order valence-corrected chi connectivity index (χ4v) is 4.86. The van der Waals surface area contributed by atoms with Crippen LogP contribution in [0.25, 0.3) is 0 Å². The van der Waals surface area contributed by atoms with Crippen LogP contribution in [0.1, 0.15) is 40.0 Å². The molecule has 2 rings (SSSR count). The number of hydrogen-bond acceptors (Lipinski definition) is 1. The maximum atomic E-state index is 5.93. The standard InChI is InChI=1S/C14H23N/c1-7-14(15(5)6)12(2,3)11-8-9-13(14,4)10-11/h1,11H,8-10H2,2-6H3. The van der Waals surface area contributed by atoms with Crippen LogP contribution in [0.2, 0.25) is 0 Å². The van der Waals surface area contributed by atoms with Gasteiger partial charge in [-0.1, -0.05) is 26.7 Å². The first-order valence-electron chi connectivity index (χ1n) is 5.97. The number of hydrogen-bond donors (Lipinski definition) is 0. The smallest absolute Gasteiger partial charge is 0.0926 e. The van der Waals surface area contributed by atoms with E-state index < -0.39 is 0 Å². The molecule has 2 bridgehead atoms. The predicted octanol–water partition coefficient (Wildman–Crippen LogP) is 2.77. The molecule has 2 aliphatic rings. The molecule has 0 amide bonds. The Hall–Kier alpha value is -0.480. The zero-order valence-corrected chi connectivity index (χ0v) is 10.7. The first-order chi connectivity index (χ1) is 6.82. The summed E-state index contributed by atoms with van der Waals surface area (Å²) >= 11 is 0. The molecule has 0 aromatic rings. The molecule has 84 valence electrons. The predicted molar refractivity (Wildman–Crippen MR) is 64.5 cm³/mol. The lowest BCUT2D eigenvalue weighted by molar-refractivity contribution is -0.0240. The zero-order valence-electron chi connectivity index (χ0n) is 10.7. The van der Waals surface area contributed by atoms with E-state index in [0.717, 1.165) is 5.92 Å². The van der Waals surface area contributed by atoms with E-state index in [2.05, 4.69) is 45.7 Å². The van der Waals surface area contributed by atoms with Gasteiger partial charge in [-0.2, -0.15) is 0 Å². The van der Waals surface area contributed by atoms with Crippen molar-refractivity contribution in [2.45, 2.75) is 45.6 Å². The van der Waals surface area contributed by atoms with Crippen LogP contribution in [0.4, 0.5) is 0 Å². The van der Waals surface area contributed by atoms with Crippen molar-refractivity contribution in [1.82, 2.24) is 4.90 Å². The molecule has 0 saturated heterocycles. The van der Waals surface area contributed by atoms with Crippen molar-refractivity contribution in [3.05, 3.63) is 0 Å². The first-order valence-corrected chi connectivity index (χ1v) is 5.97. The van der Waals surface area contributed by atoms with Gasteiger partial charge in [-0.3, -0.25) is 4.90 Å². The lowest BCUT2D eigenvalue weighted by Gasteiger charge is -2.54. The van der Waals surface area contributed by atoms with Gasteiger partial charge in [-0.25, -0.2) is 0 Å². The van der Waals surface area contributed by atoms with Crippen molar-refractivity contribution in [3.63, 3.8) is 0 Å². The summed E-state index contributed by atoms with van der Waals surface area (Å²) in [5.41, 5.74) is 0.514. The summed E-state index contributed by atoms with van der Waals surface area (Å²) in [6.45, 7) is 7.12. The Kier molecular flexibility index (Phi) is 2.06. The Labute approximate surface area is 94.2 Å². The van der Waals surface area contributed by atoms with Crippen LogP contribution < -0.4 is 0 Å². The minimum Gasteiger partial charge on any atom is -0.293 e. The summed E-state index contributed by atoms with van der Waals surface area (Å²) < 4.78 is 0. The van der Waals surface area contributed by atoms with Gasteiger partial charge in [0.15, 0.2) is 0 Å². The summed E-state index contributed by atoms with van der Waals surface area (Å²) in [6.07, 6.45) is 9.89. The molecule has 0 aromatic heterocycles. The maximum absolute atomic E-state index is 5.93. The number of rotatable bonds is 1. The molecule has 2 saturated carbocycles. The molecule has 1 heteroatoms. The van der Waals surface area contributed by atoms with Crippen molar-refractivity contribution in [3.8, 4) is 12.3 Å². The van der Waals surface area contributed by atoms with Crippen LogP contribution in [0.15, 0.2) is 0 Å². The van der Waals surface area contributed by atoms with E-state index in [0.29, 0.717) is 5.41 Å². The zero-order chi connectivity index (χ0) is 11.5. The lowest BCUT2D eigenvalue weighted by Crippen LogP contribution is -2.61. The molecule has 2 fully saturated rings. The molecule has 15 heavy (non-hydrogen) atoms. The molecule has 2 aliphatic carbocycles. The third kappa shape index (κ3) is 0.947. The van der Waals surface area contributed by atoms with E-state index in [1.807, 2.05) is 0 Å². The summed E-state index contributed by atoms with van der Waals surface area (Å²) in [5.74, 6) is 3.97. The summed E-state index contributed by atoms with van der Waals surface area (Å²) in [4.78, 5) is 2.30. The SMILES string of the molecule is C#CC1(N(C)C)C2(C)CCC(C2)C1(C)C. The highest BCUT2D eigenvalue weighted by molar-refractivity contribution is 5.33. The fourth-order valence-electron chi connectivity index (χ4n) is 4.86. The van der Waals surface area contributed by atoms with Crippen LogP contribution in [0.5, 0.6) is 0 Å². The normalized spacial score (nSPS) is 47.1. The van der Waals surface area contributed by atoms with Crippen molar-refractivity contribution in [2.24, 2.45) is 16.7 Å². The van der Waals surface area contributed by atoms with E-state index in [1.54, 1.807) is 0 Å². The van der Waals surface area contributed by atoms with Gasteiger partial charge in [-0.05, 0) is 50.1 Å². The Morgan fingerprint density at radius 1 is 1.27 bits per heavy atom. The Balaban J connectivity index is 2.59. The second kappa shape index (κ2) is 2.80. The summed E-state index contributed by atoms with van der Waals surface area (Å²) in [7, 11) is 4.29. The van der Waals surface area contributed by atoms with Crippen LogP contribution in [-0.2, 0) is 0 Å². The van der Waals surface area contributed by atoms with Gasteiger partial charge in [-0.15, -0.1) is 6.42 Å². The van der Waals surface area contributed by atoms with Crippen LogP contribution in [0.3, 0.4) is 0 Å². The van der Waals surface area contributed by atoms with Gasteiger partial charge in [0.2, 0.25) is 0 Å². The molecule has 1 nitrogen and oxygen atoms in total. The molecule has 3 atom stereocenters. The molecule has 0 radical (unpaired) electrons. The second-order valence-corrected chi connectivity index (χ2v) is 6.47. The highest BCUT2D eigenvalue weighted by Gasteiger charge is 2.69. The number of fused-ring (bicyclic) bond motifs is 2. The van der Waals surface area contributed by atoms with Gasteiger partial charge >= 0.3 is 0 Å². The Morgan fingerprint density at radius 2 is 1.87 bits per heavy atom. The molecule has 0 spiro atoms. The topological polar surface area (TPSA) is 3.24 Å². The van der Waals surface area contributed by atoms with Crippen LogP contribution in [0, 0.1) is 29.1 Å². The summed E-state index contributed by atoms with van der Waals surface area (Å²) in [5, 5.41) is 0. The van der Waals surface area contributed by atoms with E-state index >= 15 is 0 Å². The van der Waals surface area contributed by atoms with Crippen molar-refractivity contribution >= 4 is 0 Å². The molecule has 3 unspecified atom stereocenters. The maximum Gasteiger partial charge on any atom is 0.0926 e. The van der Waals surface area contributed by atoms with Crippen LogP contribution >= 0.6 is 0 Å². The molecular formula is C14H23N. The first kappa shape index (κ1) is 11.0. The summed E-state index contributed by atoms with van der Waals surface area (Å²) in [6, 6.07) is 0. The van der Waals surface area contributed by atoms with E-state index in [-0.39, 0.29) is 11.0 Å². The highest BCUT2D eigenvalue weighted by atomic mass is 15.2.